The smallest absolute Gasteiger partial charge is 0.402 e. The Morgan fingerprint density at radius 3 is 0.967 bits per heavy atom. The van der Waals surface area contributed by atoms with E-state index >= 15 is 0 Å². The highest BCUT2D eigenvalue weighted by Gasteiger charge is 2.99. The van der Waals surface area contributed by atoms with Gasteiger partial charge in [0.2, 0.25) is 5.85 Å². The highest BCUT2D eigenvalue weighted by Crippen LogP contribution is 2.66. The second-order valence-corrected chi connectivity index (χ2v) is 6.99. The molecule has 0 N–H and O–H groups in total. The SMILES string of the molecule is CC1(C)OB(B2OC(C(F)(F)F)(C(F)(F)F)C(C(F)(F)F)(C(F)(F)F)O2)OC1(C)F. The zero-order valence-corrected chi connectivity index (χ0v) is 14.7. The largest absolute Gasteiger partial charge is 0.490 e. The minimum Gasteiger partial charge on any atom is -0.402 e. The van der Waals surface area contributed by atoms with Crippen LogP contribution in [0.25, 0.3) is 0 Å². The summed E-state index contributed by atoms with van der Waals surface area (Å²) in [5, 5.41) is 0. The van der Waals surface area contributed by atoms with E-state index in [1.807, 2.05) is 0 Å². The number of alkyl halides is 13. The normalized spacial score (nSPS) is 29.6. The number of hydrogen-bond acceptors (Lipinski definition) is 4. The van der Waals surface area contributed by atoms with Crippen LogP contribution in [0, 0.1) is 0 Å². The lowest BCUT2D eigenvalue weighted by Gasteiger charge is -2.46. The minimum absolute atomic E-state index is 0.517. The Hall–Kier alpha value is -0.940. The lowest BCUT2D eigenvalue weighted by Crippen LogP contribution is -2.79. The van der Waals surface area contributed by atoms with Crippen molar-refractivity contribution in [3.05, 3.63) is 0 Å². The third-order valence-corrected chi connectivity index (χ3v) is 4.72. The van der Waals surface area contributed by atoms with Gasteiger partial charge in [0.1, 0.15) is 5.60 Å². The average molecular weight is 474 g/mol. The maximum absolute atomic E-state index is 14.3. The van der Waals surface area contributed by atoms with Crippen molar-refractivity contribution in [3.63, 3.8) is 0 Å². The molecule has 0 bridgehead atoms. The molecule has 1 atom stereocenters. The first-order valence-corrected chi connectivity index (χ1v) is 7.55. The Balaban J connectivity index is 2.79. The second kappa shape index (κ2) is 6.31. The maximum Gasteiger partial charge on any atom is 0.490 e. The van der Waals surface area contributed by atoms with E-state index in [1.165, 1.54) is 0 Å². The Morgan fingerprint density at radius 2 is 0.767 bits per heavy atom. The first kappa shape index (κ1) is 25.3. The fourth-order valence-electron chi connectivity index (χ4n) is 2.93. The fourth-order valence-corrected chi connectivity index (χ4v) is 2.93. The fraction of sp³-hybridized carbons (Fsp3) is 1.00. The predicted molar refractivity (Wildman–Crippen MR) is 69.1 cm³/mol. The molecular formula is C11H9B2F13O4. The molecule has 0 saturated carbocycles. The molecule has 0 aliphatic carbocycles. The van der Waals surface area contributed by atoms with Crippen LogP contribution in [0.4, 0.5) is 57.1 Å². The zero-order chi connectivity index (χ0) is 24.0. The van der Waals surface area contributed by atoms with Gasteiger partial charge in [-0.05, 0) is 20.8 Å². The van der Waals surface area contributed by atoms with Gasteiger partial charge >= 0.3 is 38.7 Å². The molecule has 0 radical (unpaired) electrons. The van der Waals surface area contributed by atoms with Crippen molar-refractivity contribution < 1.29 is 75.7 Å². The molecule has 2 heterocycles. The lowest BCUT2D eigenvalue weighted by molar-refractivity contribution is -0.464. The Labute approximate surface area is 159 Å². The van der Waals surface area contributed by atoms with Gasteiger partial charge in [-0.15, -0.1) is 0 Å². The number of hydrogen-bond donors (Lipinski definition) is 0. The molecule has 19 heteroatoms. The number of rotatable bonds is 1. The Morgan fingerprint density at radius 1 is 0.500 bits per heavy atom. The third-order valence-electron chi connectivity index (χ3n) is 4.72. The summed E-state index contributed by atoms with van der Waals surface area (Å²) in [6.07, 6.45) is -29.5. The van der Waals surface area contributed by atoms with Crippen LogP contribution in [-0.4, -0.2) is 61.4 Å². The summed E-state index contributed by atoms with van der Waals surface area (Å²) in [5.74, 6) is -3.06. The van der Waals surface area contributed by atoms with Gasteiger partial charge in [-0.1, -0.05) is 0 Å². The van der Waals surface area contributed by atoms with E-state index in [1.54, 1.807) is 0 Å². The van der Waals surface area contributed by atoms with Crippen molar-refractivity contribution in [3.8, 4) is 0 Å². The van der Waals surface area contributed by atoms with Crippen LogP contribution >= 0.6 is 0 Å². The molecule has 0 amide bonds. The molecular weight excluding hydrogens is 465 g/mol. The van der Waals surface area contributed by atoms with Crippen molar-refractivity contribution in [2.45, 2.75) is 68.1 Å². The summed E-state index contributed by atoms with van der Waals surface area (Å²) in [5.41, 5.74) is -16.2. The molecule has 0 aromatic rings. The number of halogens is 13. The quantitative estimate of drug-likeness (QED) is 0.420. The third kappa shape index (κ3) is 3.09. The van der Waals surface area contributed by atoms with Gasteiger partial charge in [0.15, 0.2) is 0 Å². The standard InChI is InChI=1S/C11H9B2F13O4/c1-4(2)5(3,14)28-12(27-4)13-29-6(8(15,16)17,9(18,19)20)7(30-13,10(21,22)23)11(24,25)26/h1-3H3. The molecule has 4 nitrogen and oxygen atoms in total. The Bertz CT molecular complexity index is 597. The van der Waals surface area contributed by atoms with Crippen molar-refractivity contribution in [2.75, 3.05) is 0 Å². The van der Waals surface area contributed by atoms with Gasteiger partial charge in [-0.25, -0.2) is 4.39 Å². The van der Waals surface area contributed by atoms with Crippen LogP contribution in [0.3, 0.4) is 0 Å². The lowest BCUT2D eigenvalue weighted by atomic mass is 9.49. The van der Waals surface area contributed by atoms with Crippen LogP contribution in [0.1, 0.15) is 20.8 Å². The highest BCUT2D eigenvalue weighted by molar-refractivity contribution is 7.11. The molecule has 2 aliphatic rings. The predicted octanol–water partition coefficient (Wildman–Crippen LogP) is 4.33. The topological polar surface area (TPSA) is 36.9 Å². The van der Waals surface area contributed by atoms with Gasteiger partial charge in [0, 0.05) is 0 Å². The van der Waals surface area contributed by atoms with Gasteiger partial charge in [-0.2, -0.15) is 52.7 Å². The highest BCUT2D eigenvalue weighted by atomic mass is 19.4. The molecule has 30 heavy (non-hydrogen) atoms. The molecule has 2 saturated heterocycles. The molecule has 0 spiro atoms. The van der Waals surface area contributed by atoms with Crippen LogP contribution in [0.15, 0.2) is 0 Å². The zero-order valence-electron chi connectivity index (χ0n) is 14.7. The van der Waals surface area contributed by atoms with Crippen molar-refractivity contribution in [1.29, 1.82) is 0 Å². The van der Waals surface area contributed by atoms with E-state index in [-0.39, 0.29) is 0 Å². The van der Waals surface area contributed by atoms with Crippen molar-refractivity contribution in [1.82, 2.24) is 0 Å². The Kier molecular flexibility index (Phi) is 5.33. The summed E-state index contributed by atoms with van der Waals surface area (Å²) >= 11 is 0. The van der Waals surface area contributed by atoms with Gasteiger partial charge in [0.05, 0.1) is 0 Å². The van der Waals surface area contributed by atoms with E-state index in [0.29, 0.717) is 6.92 Å². The first-order valence-electron chi connectivity index (χ1n) is 7.55. The first-order chi connectivity index (χ1) is 12.9. The van der Waals surface area contributed by atoms with Gasteiger partial charge in [-0.3, -0.25) is 0 Å². The van der Waals surface area contributed by atoms with Gasteiger partial charge in [0.25, 0.3) is 11.2 Å². The molecule has 2 fully saturated rings. The average Bonchev–Trinajstić information content (AvgIpc) is 2.91. The summed E-state index contributed by atoms with van der Waals surface area (Å²) in [4.78, 5) is 0. The van der Waals surface area contributed by atoms with E-state index < -0.39 is 61.4 Å². The van der Waals surface area contributed by atoms with Crippen molar-refractivity contribution >= 4 is 14.0 Å². The molecule has 174 valence electrons. The van der Waals surface area contributed by atoms with Gasteiger partial charge < -0.3 is 18.6 Å². The molecule has 2 rings (SSSR count). The maximum atomic E-state index is 14.3. The van der Waals surface area contributed by atoms with E-state index in [0.717, 1.165) is 13.8 Å². The van der Waals surface area contributed by atoms with E-state index in [4.69, 9.17) is 0 Å². The monoisotopic (exact) mass is 474 g/mol. The van der Waals surface area contributed by atoms with Crippen LogP contribution in [-0.2, 0) is 18.6 Å². The minimum atomic E-state index is -7.36. The van der Waals surface area contributed by atoms with Crippen LogP contribution < -0.4 is 0 Å². The molecule has 2 aliphatic heterocycles. The summed E-state index contributed by atoms with van der Waals surface area (Å²) in [7, 11) is -6.68. The van der Waals surface area contributed by atoms with Crippen LogP contribution in [0.5, 0.6) is 0 Å². The van der Waals surface area contributed by atoms with E-state index in [2.05, 4.69) is 18.6 Å². The van der Waals surface area contributed by atoms with Crippen LogP contribution in [0.2, 0.25) is 0 Å². The van der Waals surface area contributed by atoms with E-state index in [9.17, 15) is 57.1 Å². The molecule has 1 unspecified atom stereocenters. The summed E-state index contributed by atoms with van der Waals surface area (Å²) < 4.78 is 190. The molecule has 0 aromatic heterocycles. The summed E-state index contributed by atoms with van der Waals surface area (Å²) in [6.45, 7) is 2.14. The van der Waals surface area contributed by atoms with Crippen molar-refractivity contribution in [2.24, 2.45) is 0 Å². The molecule has 0 aromatic carbocycles. The second-order valence-electron chi connectivity index (χ2n) is 6.99. The summed E-state index contributed by atoms with van der Waals surface area (Å²) in [6, 6.07) is 0.